The summed E-state index contributed by atoms with van der Waals surface area (Å²) >= 11 is 0. The van der Waals surface area contributed by atoms with Gasteiger partial charge >= 0.3 is 0 Å². The molecule has 2 rings (SSSR count). The number of aliphatic hydroxyl groups is 1. The lowest BCUT2D eigenvalue weighted by Crippen LogP contribution is -2.05. The number of rotatable bonds is 7. The van der Waals surface area contributed by atoms with Crippen LogP contribution in [0.15, 0.2) is 18.2 Å². The van der Waals surface area contributed by atoms with Gasteiger partial charge in [-0.3, -0.25) is 0 Å². The lowest BCUT2D eigenvalue weighted by atomic mass is 10.2. The SMILES string of the molecule is CCOc1ccc(-c2nnnn2CCCO)cc1OC. The Morgan fingerprint density at radius 2 is 2.15 bits per heavy atom. The van der Waals surface area contributed by atoms with Gasteiger partial charge < -0.3 is 14.6 Å². The first kappa shape index (κ1) is 14.3. The summed E-state index contributed by atoms with van der Waals surface area (Å²) < 4.78 is 12.5. The summed E-state index contributed by atoms with van der Waals surface area (Å²) in [6.07, 6.45) is 0.603. The molecule has 0 aliphatic rings. The molecule has 0 spiro atoms. The molecule has 0 saturated heterocycles. The van der Waals surface area contributed by atoms with Crippen LogP contribution in [-0.4, -0.2) is 45.6 Å². The van der Waals surface area contributed by atoms with Gasteiger partial charge in [0, 0.05) is 18.7 Å². The number of hydrogen-bond donors (Lipinski definition) is 1. The second kappa shape index (κ2) is 6.85. The smallest absolute Gasteiger partial charge is 0.182 e. The fourth-order valence-corrected chi connectivity index (χ4v) is 1.86. The van der Waals surface area contributed by atoms with Gasteiger partial charge in [0.25, 0.3) is 0 Å². The van der Waals surface area contributed by atoms with E-state index < -0.39 is 0 Å². The third kappa shape index (κ3) is 3.05. The fourth-order valence-electron chi connectivity index (χ4n) is 1.86. The summed E-state index contributed by atoms with van der Waals surface area (Å²) in [6, 6.07) is 5.56. The van der Waals surface area contributed by atoms with E-state index in [2.05, 4.69) is 15.5 Å². The first-order valence-corrected chi connectivity index (χ1v) is 6.48. The molecule has 0 saturated carbocycles. The molecule has 1 aromatic heterocycles. The summed E-state index contributed by atoms with van der Waals surface area (Å²) in [5, 5.41) is 20.5. The number of aryl methyl sites for hydroxylation is 1. The van der Waals surface area contributed by atoms with Gasteiger partial charge in [0.1, 0.15) is 0 Å². The zero-order chi connectivity index (χ0) is 14.4. The molecule has 0 amide bonds. The number of hydrogen-bond acceptors (Lipinski definition) is 6. The van der Waals surface area contributed by atoms with E-state index in [4.69, 9.17) is 14.6 Å². The second-order valence-electron chi connectivity index (χ2n) is 4.10. The highest BCUT2D eigenvalue weighted by Gasteiger charge is 2.12. The predicted molar refractivity (Wildman–Crippen MR) is 72.7 cm³/mol. The summed E-state index contributed by atoms with van der Waals surface area (Å²) in [6.45, 7) is 3.16. The number of aliphatic hydroxyl groups excluding tert-OH is 1. The quantitative estimate of drug-likeness (QED) is 0.817. The van der Waals surface area contributed by atoms with E-state index in [1.54, 1.807) is 11.8 Å². The van der Waals surface area contributed by atoms with Gasteiger partial charge in [0.05, 0.1) is 13.7 Å². The minimum absolute atomic E-state index is 0.103. The molecule has 7 heteroatoms. The Morgan fingerprint density at radius 1 is 1.30 bits per heavy atom. The lowest BCUT2D eigenvalue weighted by molar-refractivity contribution is 0.276. The van der Waals surface area contributed by atoms with Crippen molar-refractivity contribution in [2.75, 3.05) is 20.3 Å². The first-order chi connectivity index (χ1) is 9.80. The minimum Gasteiger partial charge on any atom is -0.493 e. The minimum atomic E-state index is 0.103. The molecular formula is C13H18N4O3. The summed E-state index contributed by atoms with van der Waals surface area (Å²) in [5.74, 6) is 1.97. The molecule has 108 valence electrons. The molecule has 1 N–H and O–H groups in total. The van der Waals surface area contributed by atoms with Crippen molar-refractivity contribution in [1.82, 2.24) is 20.2 Å². The van der Waals surface area contributed by atoms with Crippen LogP contribution in [0.4, 0.5) is 0 Å². The summed E-state index contributed by atoms with van der Waals surface area (Å²) in [7, 11) is 1.59. The number of tetrazole rings is 1. The van der Waals surface area contributed by atoms with Gasteiger partial charge in [-0.15, -0.1) is 5.10 Å². The Bertz CT molecular complexity index is 556. The van der Waals surface area contributed by atoms with Crippen LogP contribution in [0.2, 0.25) is 0 Å². The average molecular weight is 278 g/mol. The number of aromatic nitrogens is 4. The molecule has 1 aromatic carbocycles. The molecule has 20 heavy (non-hydrogen) atoms. The maximum atomic E-state index is 8.89. The van der Waals surface area contributed by atoms with Crippen molar-refractivity contribution in [3.63, 3.8) is 0 Å². The van der Waals surface area contributed by atoms with Crippen LogP contribution in [0.25, 0.3) is 11.4 Å². The van der Waals surface area contributed by atoms with Crippen LogP contribution < -0.4 is 9.47 Å². The third-order valence-electron chi connectivity index (χ3n) is 2.78. The van der Waals surface area contributed by atoms with E-state index in [0.717, 1.165) is 5.56 Å². The maximum Gasteiger partial charge on any atom is 0.182 e. The van der Waals surface area contributed by atoms with Crippen LogP contribution in [0.1, 0.15) is 13.3 Å². The molecular weight excluding hydrogens is 260 g/mol. The van der Waals surface area contributed by atoms with Crippen LogP contribution >= 0.6 is 0 Å². The third-order valence-corrected chi connectivity index (χ3v) is 2.78. The van der Waals surface area contributed by atoms with Crippen molar-refractivity contribution >= 4 is 0 Å². The van der Waals surface area contributed by atoms with Crippen LogP contribution in [0.3, 0.4) is 0 Å². The van der Waals surface area contributed by atoms with Crippen molar-refractivity contribution < 1.29 is 14.6 Å². The molecule has 1 heterocycles. The van der Waals surface area contributed by atoms with Crippen molar-refractivity contribution in [3.05, 3.63) is 18.2 Å². The first-order valence-electron chi connectivity index (χ1n) is 6.48. The normalized spacial score (nSPS) is 10.6. The lowest BCUT2D eigenvalue weighted by Gasteiger charge is -2.10. The monoisotopic (exact) mass is 278 g/mol. The second-order valence-corrected chi connectivity index (χ2v) is 4.10. The van der Waals surface area contributed by atoms with E-state index in [9.17, 15) is 0 Å². The largest absolute Gasteiger partial charge is 0.493 e. The molecule has 0 unspecified atom stereocenters. The highest BCUT2D eigenvalue weighted by atomic mass is 16.5. The van der Waals surface area contributed by atoms with E-state index >= 15 is 0 Å². The highest BCUT2D eigenvalue weighted by Crippen LogP contribution is 2.31. The van der Waals surface area contributed by atoms with Crippen molar-refractivity contribution in [2.45, 2.75) is 19.9 Å². The molecule has 0 atom stereocenters. The van der Waals surface area contributed by atoms with Crippen molar-refractivity contribution in [1.29, 1.82) is 0 Å². The Labute approximate surface area is 117 Å². The number of ether oxygens (including phenoxy) is 2. The molecule has 0 aliphatic carbocycles. The maximum absolute atomic E-state index is 8.89. The summed E-state index contributed by atoms with van der Waals surface area (Å²) in [5.41, 5.74) is 0.841. The van der Waals surface area contributed by atoms with Gasteiger partial charge in [-0.2, -0.15) is 0 Å². The van der Waals surface area contributed by atoms with E-state index in [1.165, 1.54) is 0 Å². The zero-order valence-corrected chi connectivity index (χ0v) is 11.6. The van der Waals surface area contributed by atoms with Crippen LogP contribution in [0.5, 0.6) is 11.5 Å². The summed E-state index contributed by atoms with van der Waals surface area (Å²) in [4.78, 5) is 0. The highest BCUT2D eigenvalue weighted by molar-refractivity contribution is 5.60. The van der Waals surface area contributed by atoms with Crippen LogP contribution in [-0.2, 0) is 6.54 Å². The van der Waals surface area contributed by atoms with E-state index in [1.807, 2.05) is 25.1 Å². The molecule has 0 fully saturated rings. The van der Waals surface area contributed by atoms with Gasteiger partial charge in [0.2, 0.25) is 0 Å². The van der Waals surface area contributed by atoms with E-state index in [0.29, 0.717) is 36.9 Å². The van der Waals surface area contributed by atoms with Crippen LogP contribution in [0, 0.1) is 0 Å². The topological polar surface area (TPSA) is 82.3 Å². The molecule has 0 aliphatic heterocycles. The van der Waals surface area contributed by atoms with E-state index in [-0.39, 0.29) is 6.61 Å². The van der Waals surface area contributed by atoms with Crippen molar-refractivity contribution in [2.24, 2.45) is 0 Å². The zero-order valence-electron chi connectivity index (χ0n) is 11.6. The molecule has 2 aromatic rings. The Kier molecular flexibility index (Phi) is 4.89. The Balaban J connectivity index is 2.31. The fraction of sp³-hybridized carbons (Fsp3) is 0.462. The predicted octanol–water partition coefficient (Wildman–Crippen LogP) is 1.13. The van der Waals surface area contributed by atoms with Gasteiger partial charge in [-0.05, 0) is 42.0 Å². The molecule has 0 radical (unpaired) electrons. The van der Waals surface area contributed by atoms with Gasteiger partial charge in [-0.25, -0.2) is 4.68 Å². The Morgan fingerprint density at radius 3 is 2.85 bits per heavy atom. The van der Waals surface area contributed by atoms with Gasteiger partial charge in [-0.1, -0.05) is 0 Å². The number of benzene rings is 1. The van der Waals surface area contributed by atoms with Crippen molar-refractivity contribution in [3.8, 4) is 22.9 Å². The number of nitrogens with zero attached hydrogens (tertiary/aromatic N) is 4. The number of methoxy groups -OCH3 is 1. The van der Waals surface area contributed by atoms with Gasteiger partial charge in [0.15, 0.2) is 17.3 Å². The molecule has 7 nitrogen and oxygen atoms in total. The standard InChI is InChI=1S/C13H18N4O3/c1-3-20-11-6-5-10(9-12(11)19-2)13-14-15-16-17(13)7-4-8-18/h5-6,9,18H,3-4,7-8H2,1-2H3. The average Bonchev–Trinajstić information content (AvgIpc) is 2.94. The Hall–Kier alpha value is -2.15. The molecule has 0 bridgehead atoms.